The van der Waals surface area contributed by atoms with E-state index in [9.17, 15) is 4.39 Å². The lowest BCUT2D eigenvalue weighted by Gasteiger charge is -2.03. The number of hydrogen-bond donors (Lipinski definition) is 0. The van der Waals surface area contributed by atoms with E-state index in [4.69, 9.17) is 13.8 Å². The Hall–Kier alpha value is -3.19. The van der Waals surface area contributed by atoms with Crippen LogP contribution in [0, 0.1) is 24.0 Å². The third-order valence-corrected chi connectivity index (χ3v) is 3.76. The molecule has 0 spiro atoms. The second-order valence-electron chi connectivity index (χ2n) is 5.16. The first-order valence-electron chi connectivity index (χ1n) is 8.40. The normalized spacial score (nSPS) is 13.5. The molecule has 0 radical (unpaired) electrons. The minimum absolute atomic E-state index is 0.308. The van der Waals surface area contributed by atoms with Gasteiger partial charge in [-0.15, -0.1) is 0 Å². The van der Waals surface area contributed by atoms with E-state index in [1.807, 2.05) is 6.07 Å². The molecule has 2 heterocycles. The summed E-state index contributed by atoms with van der Waals surface area (Å²) in [6.07, 6.45) is 0.909. The topological polar surface area (TPSA) is 49.8 Å². The summed E-state index contributed by atoms with van der Waals surface area (Å²) >= 11 is 0. The van der Waals surface area contributed by atoms with Crippen molar-refractivity contribution in [2.45, 2.75) is 6.85 Å². The quantitative estimate of drug-likeness (QED) is 0.499. The van der Waals surface area contributed by atoms with Gasteiger partial charge in [0.25, 0.3) is 0 Å². The number of aryl methyl sites for hydroxylation is 1. The molecule has 0 saturated heterocycles. The van der Waals surface area contributed by atoms with Crippen LogP contribution in [0.15, 0.2) is 53.1 Å². The van der Waals surface area contributed by atoms with Gasteiger partial charge >= 0.3 is 0 Å². The third kappa shape index (κ3) is 2.06. The molecule has 0 amide bonds. The molecule has 23 heavy (non-hydrogen) atoms. The Morgan fingerprint density at radius 2 is 2.13 bits per heavy atom. The number of pyridine rings is 1. The largest absolute Gasteiger partial charge is 0.455 e. The molecule has 0 saturated carbocycles. The highest BCUT2D eigenvalue weighted by Gasteiger charge is 2.14. The fourth-order valence-electron chi connectivity index (χ4n) is 2.66. The van der Waals surface area contributed by atoms with Crippen molar-refractivity contribution < 1.29 is 12.9 Å². The lowest BCUT2D eigenvalue weighted by molar-refractivity contribution is 0.612. The highest BCUT2D eigenvalue weighted by atomic mass is 19.1. The molecule has 2 aromatic carbocycles. The molecule has 110 valence electrons. The van der Waals surface area contributed by atoms with Crippen molar-refractivity contribution in [3.8, 4) is 17.3 Å². The van der Waals surface area contributed by atoms with Crippen molar-refractivity contribution in [2.75, 3.05) is 0 Å². The highest BCUT2D eigenvalue weighted by Crippen LogP contribution is 2.35. The number of nitrogens with zero attached hydrogens (tertiary/aromatic N) is 2. The van der Waals surface area contributed by atoms with Crippen LogP contribution in [0.1, 0.15) is 15.2 Å². The van der Waals surface area contributed by atoms with Crippen LogP contribution in [0.25, 0.3) is 33.2 Å². The number of benzene rings is 2. The van der Waals surface area contributed by atoms with E-state index in [2.05, 4.69) is 11.1 Å². The molecule has 0 unspecified atom stereocenters. The highest BCUT2D eigenvalue weighted by molar-refractivity contribution is 6.09. The van der Waals surface area contributed by atoms with E-state index in [1.165, 1.54) is 6.07 Å². The number of fused-ring (bicyclic) bond motifs is 3. The summed E-state index contributed by atoms with van der Waals surface area (Å²) in [5, 5.41) is 10.7. The maximum absolute atomic E-state index is 13.9. The summed E-state index contributed by atoms with van der Waals surface area (Å²) in [5.74, 6) is -0.871. The molecule has 0 fully saturated rings. The second kappa shape index (κ2) is 4.92. The molecular weight excluding hydrogens is 291 g/mol. The van der Waals surface area contributed by atoms with Crippen LogP contribution in [0.2, 0.25) is 0 Å². The van der Waals surface area contributed by atoms with Gasteiger partial charge in [0.15, 0.2) is 0 Å². The standard InChI is InChI=1S/C19H11FN2O/c1-11-7-17(22-10-16(11)20)15-4-2-3-14-13-6-5-12(9-21)8-18(13)23-19(14)15/h2-8,10H,1H3/i1D3. The van der Waals surface area contributed by atoms with Crippen molar-refractivity contribution in [1.82, 2.24) is 4.98 Å². The second-order valence-corrected chi connectivity index (χ2v) is 5.16. The molecule has 0 aliphatic carbocycles. The molecule has 0 bridgehead atoms. The van der Waals surface area contributed by atoms with E-state index in [0.29, 0.717) is 28.0 Å². The smallest absolute Gasteiger partial charge is 0.144 e. The number of rotatable bonds is 1. The minimum atomic E-state index is -2.58. The molecule has 0 atom stereocenters. The van der Waals surface area contributed by atoms with Gasteiger partial charge in [0, 0.05) is 20.4 Å². The summed E-state index contributed by atoms with van der Waals surface area (Å²) < 4.78 is 42.2. The van der Waals surface area contributed by atoms with Crippen molar-refractivity contribution in [1.29, 1.82) is 5.26 Å². The van der Waals surface area contributed by atoms with Gasteiger partial charge in [0.1, 0.15) is 17.0 Å². The lowest BCUT2D eigenvalue weighted by Crippen LogP contribution is -1.89. The lowest BCUT2D eigenvalue weighted by atomic mass is 10.0. The molecule has 0 N–H and O–H groups in total. The number of halogens is 1. The van der Waals surface area contributed by atoms with Crippen LogP contribution in [-0.2, 0) is 0 Å². The van der Waals surface area contributed by atoms with Crippen molar-refractivity contribution in [2.24, 2.45) is 0 Å². The number of para-hydroxylation sites is 1. The monoisotopic (exact) mass is 305 g/mol. The summed E-state index contributed by atoms with van der Waals surface area (Å²) in [6, 6.07) is 13.8. The van der Waals surface area contributed by atoms with E-state index in [-0.39, 0.29) is 5.56 Å². The van der Waals surface area contributed by atoms with Crippen LogP contribution in [0.4, 0.5) is 4.39 Å². The predicted octanol–water partition coefficient (Wildman–Crippen LogP) is 4.97. The van der Waals surface area contributed by atoms with Gasteiger partial charge in [-0.3, -0.25) is 4.98 Å². The molecule has 3 nitrogen and oxygen atoms in total. The number of aromatic nitrogens is 1. The SMILES string of the molecule is [2H]C([2H])([2H])c1cc(-c2cccc3c2oc2cc(C#N)ccc23)ncc1F. The fourth-order valence-corrected chi connectivity index (χ4v) is 2.66. The molecular formula is C19H11FN2O. The van der Waals surface area contributed by atoms with Crippen LogP contribution >= 0.6 is 0 Å². The summed E-state index contributed by atoms with van der Waals surface area (Å²) in [4.78, 5) is 4.04. The van der Waals surface area contributed by atoms with Crippen LogP contribution in [-0.4, -0.2) is 4.98 Å². The van der Waals surface area contributed by atoms with Crippen molar-refractivity contribution >= 4 is 21.9 Å². The van der Waals surface area contributed by atoms with Gasteiger partial charge < -0.3 is 4.42 Å². The Labute approximate surface area is 135 Å². The Balaban J connectivity index is 2.00. The molecule has 4 heteroatoms. The Morgan fingerprint density at radius 3 is 2.96 bits per heavy atom. The average molecular weight is 305 g/mol. The summed E-state index contributed by atoms with van der Waals surface area (Å²) in [5.41, 5.74) is 2.01. The van der Waals surface area contributed by atoms with E-state index in [1.54, 1.807) is 30.3 Å². The predicted molar refractivity (Wildman–Crippen MR) is 86.4 cm³/mol. The first-order chi connectivity index (χ1) is 12.4. The van der Waals surface area contributed by atoms with Gasteiger partial charge in [0.05, 0.1) is 23.5 Å². The van der Waals surface area contributed by atoms with Crippen molar-refractivity contribution in [3.05, 3.63) is 65.6 Å². The molecule has 4 aromatic rings. The zero-order chi connectivity index (χ0) is 18.5. The molecule has 4 rings (SSSR count). The first kappa shape index (κ1) is 10.5. The first-order valence-corrected chi connectivity index (χ1v) is 6.90. The van der Waals surface area contributed by atoms with Crippen LogP contribution in [0.3, 0.4) is 0 Å². The van der Waals surface area contributed by atoms with Crippen LogP contribution < -0.4 is 0 Å². The maximum atomic E-state index is 13.9. The fraction of sp³-hybridized carbons (Fsp3) is 0.0526. The van der Waals surface area contributed by atoms with Crippen LogP contribution in [0.5, 0.6) is 0 Å². The van der Waals surface area contributed by atoms with E-state index in [0.717, 1.165) is 17.0 Å². The molecule has 2 aromatic heterocycles. The zero-order valence-electron chi connectivity index (χ0n) is 14.8. The van der Waals surface area contributed by atoms with Gasteiger partial charge in [-0.05, 0) is 42.7 Å². The van der Waals surface area contributed by atoms with E-state index >= 15 is 0 Å². The van der Waals surface area contributed by atoms with Gasteiger partial charge in [-0.1, -0.05) is 12.1 Å². The Kier molecular flexibility index (Phi) is 2.25. The Bertz CT molecular complexity index is 1210. The van der Waals surface area contributed by atoms with Crippen molar-refractivity contribution in [3.63, 3.8) is 0 Å². The maximum Gasteiger partial charge on any atom is 0.144 e. The van der Waals surface area contributed by atoms with E-state index < -0.39 is 12.7 Å². The average Bonchev–Trinajstić information content (AvgIpc) is 2.99. The Morgan fingerprint density at radius 1 is 1.22 bits per heavy atom. The summed E-state index contributed by atoms with van der Waals surface area (Å²) in [7, 11) is 0. The minimum Gasteiger partial charge on any atom is -0.455 e. The number of furan rings is 1. The zero-order valence-corrected chi connectivity index (χ0v) is 11.8. The number of hydrogen-bond acceptors (Lipinski definition) is 3. The van der Waals surface area contributed by atoms with Gasteiger partial charge in [-0.2, -0.15) is 5.26 Å². The van der Waals surface area contributed by atoms with Gasteiger partial charge in [0.2, 0.25) is 0 Å². The number of nitriles is 1. The molecule has 0 aliphatic rings. The third-order valence-electron chi connectivity index (χ3n) is 3.76. The van der Waals surface area contributed by atoms with Gasteiger partial charge in [-0.25, -0.2) is 4.39 Å². The molecule has 0 aliphatic heterocycles. The summed E-state index contributed by atoms with van der Waals surface area (Å²) in [6.45, 7) is -2.58.